The topological polar surface area (TPSA) is 67.8 Å². The maximum absolute atomic E-state index is 13.5. The average Bonchev–Trinajstić information content (AvgIpc) is 2.68. The van der Waals surface area contributed by atoms with Crippen molar-refractivity contribution in [2.75, 3.05) is 19.7 Å². The first kappa shape index (κ1) is 31.7. The molecule has 0 bridgehead atoms. The van der Waals surface area contributed by atoms with Crippen LogP contribution in [0.5, 0.6) is 0 Å². The van der Waals surface area contributed by atoms with E-state index in [1.807, 2.05) is 5.32 Å². The summed E-state index contributed by atoms with van der Waals surface area (Å²) in [7, 11) is 0. The van der Waals surface area contributed by atoms with Gasteiger partial charge in [-0.2, -0.15) is 57.1 Å². The number of nitrogens with one attached hydrogen (secondary N) is 1. The monoisotopic (exact) mass is 532 g/mol. The third kappa shape index (κ3) is 6.88. The standard InChI is InChI=1S/C16H17F13N2O3/c17-11(18,5-8-34-10(33)31-7-4-2-1-3-6-30-9-32)12(19,20)13(21,22)14(23,24)15(25,26)16(27,28)29/h1-8H2,(H,31,33). The van der Waals surface area contributed by atoms with Gasteiger partial charge in [0.05, 0.1) is 19.6 Å². The minimum Gasteiger partial charge on any atom is -0.449 e. The number of ether oxygens (including phenoxy) is 1. The average molecular weight is 532 g/mol. The summed E-state index contributed by atoms with van der Waals surface area (Å²) in [6.45, 7) is -1.74. The molecule has 0 rings (SSSR count). The molecule has 34 heavy (non-hydrogen) atoms. The van der Waals surface area contributed by atoms with Crippen LogP contribution in [-0.2, 0) is 9.53 Å². The summed E-state index contributed by atoms with van der Waals surface area (Å²) in [6.07, 6.45) is -8.51. The molecule has 0 heterocycles. The fourth-order valence-corrected chi connectivity index (χ4v) is 2.19. The maximum Gasteiger partial charge on any atom is 0.460 e. The molecule has 0 aromatic heterocycles. The summed E-state index contributed by atoms with van der Waals surface area (Å²) >= 11 is 0. The van der Waals surface area contributed by atoms with Crippen LogP contribution in [-0.4, -0.2) is 67.7 Å². The lowest BCUT2D eigenvalue weighted by molar-refractivity contribution is -0.440. The minimum absolute atomic E-state index is 0.140. The van der Waals surface area contributed by atoms with E-state index in [9.17, 15) is 66.7 Å². The smallest absolute Gasteiger partial charge is 0.449 e. The molecule has 18 heteroatoms. The number of carbonyl (C=O) groups excluding carboxylic acids is 2. The summed E-state index contributed by atoms with van der Waals surface area (Å²) in [4.78, 5) is 24.3. The molecule has 0 aromatic carbocycles. The van der Waals surface area contributed by atoms with Gasteiger partial charge >= 0.3 is 41.9 Å². The molecule has 1 N–H and O–H groups in total. The molecular weight excluding hydrogens is 515 g/mol. The number of halogens is 13. The lowest BCUT2D eigenvalue weighted by Crippen LogP contribution is -2.70. The van der Waals surface area contributed by atoms with Crippen LogP contribution >= 0.6 is 0 Å². The Labute approximate surface area is 182 Å². The third-order valence-electron chi connectivity index (χ3n) is 4.18. The fraction of sp³-hybridized carbons (Fsp3) is 0.875. The SMILES string of the molecule is O=C=NCCCCCCNC(=O)OCCC(F)(F)C(F)(F)C(F)(F)C(F)(F)C(F)(F)C(F)(F)F. The molecule has 0 aliphatic carbocycles. The van der Waals surface area contributed by atoms with Gasteiger partial charge in [0.2, 0.25) is 6.08 Å². The van der Waals surface area contributed by atoms with Crippen molar-refractivity contribution in [3.63, 3.8) is 0 Å². The molecule has 0 atom stereocenters. The van der Waals surface area contributed by atoms with Gasteiger partial charge in [0.15, 0.2) is 0 Å². The molecule has 5 nitrogen and oxygen atoms in total. The quantitative estimate of drug-likeness (QED) is 0.134. The molecule has 0 aromatic rings. The van der Waals surface area contributed by atoms with Crippen LogP contribution in [0, 0.1) is 0 Å². The highest BCUT2D eigenvalue weighted by Crippen LogP contribution is 2.60. The van der Waals surface area contributed by atoms with Gasteiger partial charge in [0.1, 0.15) is 0 Å². The summed E-state index contributed by atoms with van der Waals surface area (Å²) < 4.78 is 172. The van der Waals surface area contributed by atoms with Gasteiger partial charge < -0.3 is 10.1 Å². The van der Waals surface area contributed by atoms with Gasteiger partial charge in [-0.05, 0) is 12.8 Å². The van der Waals surface area contributed by atoms with E-state index in [1.165, 1.54) is 6.08 Å². The van der Waals surface area contributed by atoms with Gasteiger partial charge in [0, 0.05) is 6.54 Å². The first-order chi connectivity index (χ1) is 15.2. The fourth-order valence-electron chi connectivity index (χ4n) is 2.19. The van der Waals surface area contributed by atoms with Crippen LogP contribution in [0.15, 0.2) is 4.99 Å². The molecule has 1 amide bonds. The predicted molar refractivity (Wildman–Crippen MR) is 86.2 cm³/mol. The zero-order chi connectivity index (χ0) is 27.1. The Morgan fingerprint density at radius 3 is 1.74 bits per heavy atom. The molecule has 0 unspecified atom stereocenters. The molecule has 0 radical (unpaired) electrons. The molecule has 0 saturated carbocycles. The number of amides is 1. The Hall–Kier alpha value is -2.26. The second-order valence-corrected chi connectivity index (χ2v) is 6.70. The summed E-state index contributed by atoms with van der Waals surface area (Å²) in [5.41, 5.74) is 0. The summed E-state index contributed by atoms with van der Waals surface area (Å²) in [5, 5.41) is 1.93. The van der Waals surface area contributed by atoms with Crippen molar-refractivity contribution in [1.29, 1.82) is 0 Å². The van der Waals surface area contributed by atoms with Crippen molar-refractivity contribution < 1.29 is 71.4 Å². The number of hydrogen-bond acceptors (Lipinski definition) is 4. The second kappa shape index (κ2) is 11.4. The molecule has 0 saturated heterocycles. The Balaban J connectivity index is 4.94. The number of carbonyl (C=O) groups is 1. The summed E-state index contributed by atoms with van der Waals surface area (Å²) in [5.74, 6) is -37.3. The first-order valence-electron chi connectivity index (χ1n) is 9.10. The predicted octanol–water partition coefficient (Wildman–Crippen LogP) is 5.74. The molecule has 200 valence electrons. The normalized spacial score (nSPS) is 13.9. The van der Waals surface area contributed by atoms with Crippen molar-refractivity contribution >= 4 is 12.2 Å². The van der Waals surface area contributed by atoms with E-state index >= 15 is 0 Å². The molecule has 0 fully saturated rings. The van der Waals surface area contributed by atoms with Crippen molar-refractivity contribution in [3.05, 3.63) is 0 Å². The van der Waals surface area contributed by atoms with E-state index in [-0.39, 0.29) is 19.5 Å². The van der Waals surface area contributed by atoms with Gasteiger partial charge in [-0.25, -0.2) is 14.6 Å². The van der Waals surface area contributed by atoms with E-state index in [4.69, 9.17) is 0 Å². The number of hydrogen-bond donors (Lipinski definition) is 1. The van der Waals surface area contributed by atoms with Crippen molar-refractivity contribution in [3.8, 4) is 0 Å². The highest BCUT2D eigenvalue weighted by Gasteiger charge is 2.90. The van der Waals surface area contributed by atoms with Crippen molar-refractivity contribution in [1.82, 2.24) is 5.32 Å². The van der Waals surface area contributed by atoms with Crippen LogP contribution in [0.4, 0.5) is 61.9 Å². The van der Waals surface area contributed by atoms with E-state index in [1.54, 1.807) is 0 Å². The van der Waals surface area contributed by atoms with Crippen LogP contribution < -0.4 is 5.32 Å². The van der Waals surface area contributed by atoms with Gasteiger partial charge in [0.25, 0.3) is 0 Å². The van der Waals surface area contributed by atoms with Crippen LogP contribution in [0.1, 0.15) is 32.1 Å². The van der Waals surface area contributed by atoms with Crippen LogP contribution in [0.25, 0.3) is 0 Å². The van der Waals surface area contributed by atoms with E-state index in [2.05, 4.69) is 9.73 Å². The highest BCUT2D eigenvalue weighted by atomic mass is 19.4. The number of alkyl halides is 13. The zero-order valence-corrected chi connectivity index (χ0v) is 16.7. The lowest BCUT2D eigenvalue weighted by Gasteiger charge is -2.39. The van der Waals surface area contributed by atoms with Crippen molar-refractivity contribution in [2.45, 2.75) is 67.9 Å². The number of isocyanates is 1. The van der Waals surface area contributed by atoms with Crippen molar-refractivity contribution in [2.24, 2.45) is 4.99 Å². The molecule has 0 spiro atoms. The number of unbranched alkanes of at least 4 members (excludes halogenated alkanes) is 3. The number of rotatable bonds is 14. The Kier molecular flexibility index (Phi) is 10.7. The lowest BCUT2D eigenvalue weighted by atomic mass is 9.93. The summed E-state index contributed by atoms with van der Waals surface area (Å²) in [6, 6.07) is 0. The second-order valence-electron chi connectivity index (χ2n) is 6.70. The van der Waals surface area contributed by atoms with Gasteiger partial charge in [-0.1, -0.05) is 12.8 Å². The zero-order valence-electron chi connectivity index (χ0n) is 16.7. The highest BCUT2D eigenvalue weighted by molar-refractivity contribution is 5.66. The van der Waals surface area contributed by atoms with Crippen LogP contribution in [0.3, 0.4) is 0 Å². The molecule has 0 aliphatic heterocycles. The number of nitrogens with zero attached hydrogens (tertiary/aromatic N) is 1. The first-order valence-corrected chi connectivity index (χ1v) is 9.10. The van der Waals surface area contributed by atoms with E-state index in [0.717, 1.165) is 0 Å². The molecule has 0 aliphatic rings. The Morgan fingerprint density at radius 1 is 0.735 bits per heavy atom. The largest absolute Gasteiger partial charge is 0.460 e. The molecular formula is C16H17F13N2O3. The van der Waals surface area contributed by atoms with E-state index < -0.39 is 54.9 Å². The minimum atomic E-state index is -7.97. The van der Waals surface area contributed by atoms with Crippen LogP contribution in [0.2, 0.25) is 0 Å². The van der Waals surface area contributed by atoms with Gasteiger partial charge in [-0.3, -0.25) is 0 Å². The van der Waals surface area contributed by atoms with Gasteiger partial charge in [-0.15, -0.1) is 0 Å². The number of aliphatic imine (C=N–C) groups is 1. The third-order valence-corrected chi connectivity index (χ3v) is 4.18. The number of alkyl carbamates (subject to hydrolysis) is 1. The van der Waals surface area contributed by atoms with E-state index in [0.29, 0.717) is 19.3 Å². The Morgan fingerprint density at radius 2 is 1.24 bits per heavy atom. The maximum atomic E-state index is 13.5. The Bertz CT molecular complexity index is 719.